The van der Waals surface area contributed by atoms with E-state index in [1.807, 2.05) is 17.5 Å². The molecule has 0 unspecified atom stereocenters. The SMILES string of the molecule is O=C(c1ccc([N+](=O)[O-])cc1Cl)N(Cc1cccs1)C[C@@H]1CCCO1. The minimum absolute atomic E-state index is 0.0146. The van der Waals surface area contributed by atoms with Crippen LogP contribution in [0.5, 0.6) is 0 Å². The summed E-state index contributed by atoms with van der Waals surface area (Å²) in [4.78, 5) is 26.1. The number of nitro benzene ring substituents is 1. The van der Waals surface area contributed by atoms with Crippen LogP contribution in [0, 0.1) is 10.1 Å². The van der Waals surface area contributed by atoms with Crippen LogP contribution in [0.15, 0.2) is 35.7 Å². The van der Waals surface area contributed by atoms with Crippen molar-refractivity contribution in [3.63, 3.8) is 0 Å². The van der Waals surface area contributed by atoms with E-state index in [1.54, 1.807) is 16.2 Å². The van der Waals surface area contributed by atoms with Crippen LogP contribution < -0.4 is 0 Å². The summed E-state index contributed by atoms with van der Waals surface area (Å²) in [5.74, 6) is -0.246. The van der Waals surface area contributed by atoms with Crippen molar-refractivity contribution in [2.45, 2.75) is 25.5 Å². The Morgan fingerprint density at radius 3 is 2.88 bits per heavy atom. The van der Waals surface area contributed by atoms with Gasteiger partial charge in [-0.15, -0.1) is 11.3 Å². The van der Waals surface area contributed by atoms with Crippen LogP contribution in [0.3, 0.4) is 0 Å². The van der Waals surface area contributed by atoms with Gasteiger partial charge in [0.2, 0.25) is 0 Å². The molecule has 1 aromatic carbocycles. The summed E-state index contributed by atoms with van der Waals surface area (Å²) >= 11 is 7.71. The molecule has 0 saturated carbocycles. The summed E-state index contributed by atoms with van der Waals surface area (Å²) in [6, 6.07) is 7.84. The molecule has 1 aliphatic heterocycles. The minimum Gasteiger partial charge on any atom is -0.376 e. The molecule has 1 saturated heterocycles. The highest BCUT2D eigenvalue weighted by Gasteiger charge is 2.26. The molecule has 0 bridgehead atoms. The molecule has 1 aromatic heterocycles. The lowest BCUT2D eigenvalue weighted by Crippen LogP contribution is -2.36. The minimum atomic E-state index is -0.532. The van der Waals surface area contributed by atoms with Gasteiger partial charge in [0.05, 0.1) is 28.2 Å². The molecule has 8 heteroatoms. The second-order valence-electron chi connectivity index (χ2n) is 5.82. The Bertz CT molecular complexity index is 760. The second kappa shape index (κ2) is 7.95. The van der Waals surface area contributed by atoms with Gasteiger partial charge in [-0.1, -0.05) is 17.7 Å². The molecule has 1 aliphatic rings. The smallest absolute Gasteiger partial charge is 0.270 e. The lowest BCUT2D eigenvalue weighted by atomic mass is 10.1. The first kappa shape index (κ1) is 17.8. The van der Waals surface area contributed by atoms with Gasteiger partial charge in [0.25, 0.3) is 11.6 Å². The Balaban J connectivity index is 1.83. The number of benzene rings is 1. The number of non-ortho nitro benzene ring substituents is 1. The average Bonchev–Trinajstić information content (AvgIpc) is 3.27. The van der Waals surface area contributed by atoms with E-state index >= 15 is 0 Å². The molecule has 2 heterocycles. The van der Waals surface area contributed by atoms with E-state index in [0.717, 1.165) is 17.7 Å². The Labute approximate surface area is 154 Å². The first-order chi connectivity index (χ1) is 12.0. The maximum atomic E-state index is 13.0. The van der Waals surface area contributed by atoms with Crippen molar-refractivity contribution in [3.8, 4) is 0 Å². The van der Waals surface area contributed by atoms with E-state index in [4.69, 9.17) is 16.3 Å². The third-order valence-electron chi connectivity index (χ3n) is 4.06. The van der Waals surface area contributed by atoms with Crippen LogP contribution >= 0.6 is 22.9 Å². The molecule has 0 spiro atoms. The van der Waals surface area contributed by atoms with E-state index < -0.39 is 4.92 Å². The van der Waals surface area contributed by atoms with Gasteiger partial charge in [-0.25, -0.2) is 0 Å². The zero-order valence-electron chi connectivity index (χ0n) is 13.4. The summed E-state index contributed by atoms with van der Waals surface area (Å²) in [6.07, 6.45) is 1.92. The third-order valence-corrected chi connectivity index (χ3v) is 5.23. The van der Waals surface area contributed by atoms with Crippen molar-refractivity contribution in [3.05, 3.63) is 61.3 Å². The van der Waals surface area contributed by atoms with Gasteiger partial charge in [-0.2, -0.15) is 0 Å². The number of hydrogen-bond donors (Lipinski definition) is 0. The first-order valence-electron chi connectivity index (χ1n) is 7.92. The number of rotatable bonds is 6. The number of carbonyl (C=O) groups excluding carboxylic acids is 1. The number of amides is 1. The summed E-state index contributed by atoms with van der Waals surface area (Å²) in [5, 5.41) is 12.9. The Hall–Kier alpha value is -1.96. The fraction of sp³-hybridized carbons (Fsp3) is 0.353. The van der Waals surface area contributed by atoms with Crippen LogP contribution in [-0.2, 0) is 11.3 Å². The highest BCUT2D eigenvalue weighted by atomic mass is 35.5. The zero-order valence-corrected chi connectivity index (χ0v) is 15.0. The number of carbonyl (C=O) groups is 1. The molecule has 0 radical (unpaired) electrons. The normalized spacial score (nSPS) is 16.8. The number of halogens is 1. The number of nitro groups is 1. The van der Waals surface area contributed by atoms with Crippen molar-refractivity contribution >= 4 is 34.5 Å². The van der Waals surface area contributed by atoms with E-state index in [1.165, 1.54) is 18.2 Å². The van der Waals surface area contributed by atoms with Crippen LogP contribution in [0.4, 0.5) is 5.69 Å². The molecule has 1 fully saturated rings. The third kappa shape index (κ3) is 4.36. The molecule has 0 N–H and O–H groups in total. The maximum Gasteiger partial charge on any atom is 0.270 e. The number of nitrogens with zero attached hydrogens (tertiary/aromatic N) is 2. The van der Waals surface area contributed by atoms with E-state index in [2.05, 4.69) is 0 Å². The molecule has 132 valence electrons. The van der Waals surface area contributed by atoms with Gasteiger partial charge in [0.15, 0.2) is 0 Å². The Morgan fingerprint density at radius 2 is 2.28 bits per heavy atom. The molecule has 1 atom stereocenters. The standard InChI is InChI=1S/C17H17ClN2O4S/c18-16-9-12(20(22)23)5-6-15(16)17(21)19(10-13-3-1-7-24-13)11-14-4-2-8-25-14/h2,4-6,8-9,13H,1,3,7,10-11H2/t13-/m0/s1. The van der Waals surface area contributed by atoms with Crippen LogP contribution in [0.2, 0.25) is 5.02 Å². The van der Waals surface area contributed by atoms with Gasteiger partial charge in [0, 0.05) is 30.2 Å². The van der Waals surface area contributed by atoms with E-state index in [-0.39, 0.29) is 28.3 Å². The largest absolute Gasteiger partial charge is 0.376 e. The number of thiophene rings is 1. The predicted octanol–water partition coefficient (Wildman–Crippen LogP) is 4.13. The number of ether oxygens (including phenoxy) is 1. The lowest BCUT2D eigenvalue weighted by Gasteiger charge is -2.25. The quantitative estimate of drug-likeness (QED) is 0.558. The molecular formula is C17H17ClN2O4S. The molecule has 3 rings (SSSR count). The molecule has 6 nitrogen and oxygen atoms in total. The van der Waals surface area contributed by atoms with E-state index in [0.29, 0.717) is 19.7 Å². The first-order valence-corrected chi connectivity index (χ1v) is 9.17. The fourth-order valence-corrected chi connectivity index (χ4v) is 3.78. The number of hydrogen-bond acceptors (Lipinski definition) is 5. The van der Waals surface area contributed by atoms with Crippen molar-refractivity contribution < 1.29 is 14.5 Å². The average molecular weight is 381 g/mol. The Kier molecular flexibility index (Phi) is 5.67. The van der Waals surface area contributed by atoms with Crippen LogP contribution in [0.25, 0.3) is 0 Å². The van der Waals surface area contributed by atoms with Gasteiger partial charge < -0.3 is 9.64 Å². The van der Waals surface area contributed by atoms with Gasteiger partial charge in [-0.05, 0) is 30.4 Å². The van der Waals surface area contributed by atoms with Crippen LogP contribution in [-0.4, -0.2) is 35.0 Å². The van der Waals surface area contributed by atoms with Crippen molar-refractivity contribution in [2.75, 3.05) is 13.2 Å². The predicted molar refractivity (Wildman–Crippen MR) is 96.1 cm³/mol. The van der Waals surface area contributed by atoms with Gasteiger partial charge >= 0.3 is 0 Å². The molecule has 2 aromatic rings. The summed E-state index contributed by atoms with van der Waals surface area (Å²) in [5.41, 5.74) is 0.132. The molecule has 0 aliphatic carbocycles. The van der Waals surface area contributed by atoms with Gasteiger partial charge in [-0.3, -0.25) is 14.9 Å². The molecule has 25 heavy (non-hydrogen) atoms. The van der Waals surface area contributed by atoms with E-state index in [9.17, 15) is 14.9 Å². The maximum absolute atomic E-state index is 13.0. The van der Waals surface area contributed by atoms with Gasteiger partial charge in [0.1, 0.15) is 0 Å². The summed E-state index contributed by atoms with van der Waals surface area (Å²) in [6.45, 7) is 1.65. The summed E-state index contributed by atoms with van der Waals surface area (Å²) < 4.78 is 5.66. The second-order valence-corrected chi connectivity index (χ2v) is 7.26. The fourth-order valence-electron chi connectivity index (χ4n) is 2.81. The molecular weight excluding hydrogens is 364 g/mol. The molecule has 1 amide bonds. The zero-order chi connectivity index (χ0) is 17.8. The van der Waals surface area contributed by atoms with Crippen molar-refractivity contribution in [1.29, 1.82) is 0 Å². The monoisotopic (exact) mass is 380 g/mol. The Morgan fingerprint density at radius 1 is 1.44 bits per heavy atom. The topological polar surface area (TPSA) is 72.7 Å². The summed E-state index contributed by atoms with van der Waals surface area (Å²) in [7, 11) is 0. The van der Waals surface area contributed by atoms with Crippen molar-refractivity contribution in [2.24, 2.45) is 0 Å². The van der Waals surface area contributed by atoms with Crippen LogP contribution in [0.1, 0.15) is 28.1 Å². The lowest BCUT2D eigenvalue weighted by molar-refractivity contribution is -0.384. The van der Waals surface area contributed by atoms with Crippen molar-refractivity contribution in [1.82, 2.24) is 4.90 Å². The highest BCUT2D eigenvalue weighted by Crippen LogP contribution is 2.26. The highest BCUT2D eigenvalue weighted by molar-refractivity contribution is 7.09.